The van der Waals surface area contributed by atoms with Crippen molar-refractivity contribution in [1.82, 2.24) is 9.97 Å². The molecule has 4 nitrogen and oxygen atoms in total. The molecule has 98 valence electrons. The van der Waals surface area contributed by atoms with Gasteiger partial charge < -0.3 is 9.88 Å². The number of aromatic nitrogens is 2. The summed E-state index contributed by atoms with van der Waals surface area (Å²) in [6.45, 7) is 1.10. The predicted molar refractivity (Wildman–Crippen MR) is 79.6 cm³/mol. The average Bonchev–Trinajstić information content (AvgIpc) is 2.42. The molecule has 0 aliphatic carbocycles. The largest absolute Gasteiger partial charge is 0.374 e. The lowest BCUT2D eigenvalue weighted by Gasteiger charge is -2.27. The number of anilines is 1. The molecule has 1 aliphatic rings. The molecule has 1 N–H and O–H groups in total. The maximum atomic E-state index is 11.6. The normalized spacial score (nSPS) is 14.3. The molecule has 0 saturated carbocycles. The van der Waals surface area contributed by atoms with Gasteiger partial charge in [-0.05, 0) is 52.5 Å². The van der Waals surface area contributed by atoms with Crippen LogP contribution in [0.25, 0.3) is 11.4 Å². The number of hydrogen-bond acceptors (Lipinski definition) is 3. The lowest BCUT2D eigenvalue weighted by molar-refractivity contribution is 0.744. The number of hydrogen-bond donors (Lipinski definition) is 1. The van der Waals surface area contributed by atoms with Gasteiger partial charge >= 0.3 is 0 Å². The summed E-state index contributed by atoms with van der Waals surface area (Å²) in [6, 6.07) is 6.23. The third-order valence-electron chi connectivity index (χ3n) is 3.46. The fourth-order valence-electron chi connectivity index (χ4n) is 2.46. The molecule has 0 atom stereocenters. The SMILES string of the molecule is CN1CCCc2cc(-c3ncc(Br)c(=O)[nH]3)ccc21. The number of aryl methyl sites for hydroxylation is 1. The van der Waals surface area contributed by atoms with Crippen LogP contribution in [0.3, 0.4) is 0 Å². The molecule has 1 aromatic carbocycles. The topological polar surface area (TPSA) is 49.0 Å². The van der Waals surface area contributed by atoms with E-state index in [0.29, 0.717) is 10.3 Å². The molecule has 0 spiro atoms. The van der Waals surface area contributed by atoms with Crippen molar-refractivity contribution in [2.75, 3.05) is 18.5 Å². The molecule has 0 unspecified atom stereocenters. The van der Waals surface area contributed by atoms with Crippen molar-refractivity contribution in [3.8, 4) is 11.4 Å². The van der Waals surface area contributed by atoms with Gasteiger partial charge in [0.25, 0.3) is 5.56 Å². The van der Waals surface area contributed by atoms with Crippen LogP contribution in [-0.2, 0) is 6.42 Å². The zero-order chi connectivity index (χ0) is 13.4. The summed E-state index contributed by atoms with van der Waals surface area (Å²) in [5.74, 6) is 0.615. The number of rotatable bonds is 1. The third-order valence-corrected chi connectivity index (χ3v) is 4.02. The number of fused-ring (bicyclic) bond motifs is 1. The Hall–Kier alpha value is -1.62. The van der Waals surface area contributed by atoms with Crippen molar-refractivity contribution < 1.29 is 0 Å². The molecule has 5 heteroatoms. The summed E-state index contributed by atoms with van der Waals surface area (Å²) in [4.78, 5) is 20.9. The van der Waals surface area contributed by atoms with Gasteiger partial charge in [-0.2, -0.15) is 0 Å². The first-order valence-electron chi connectivity index (χ1n) is 6.24. The fraction of sp³-hybridized carbons (Fsp3) is 0.286. The maximum Gasteiger partial charge on any atom is 0.265 e. The minimum atomic E-state index is -0.153. The Morgan fingerprint density at radius 3 is 3.05 bits per heavy atom. The molecule has 2 heterocycles. The molecule has 3 rings (SSSR count). The van der Waals surface area contributed by atoms with E-state index in [9.17, 15) is 4.79 Å². The van der Waals surface area contributed by atoms with Crippen molar-refractivity contribution in [3.05, 3.63) is 44.8 Å². The maximum absolute atomic E-state index is 11.6. The average molecular weight is 320 g/mol. The highest BCUT2D eigenvalue weighted by atomic mass is 79.9. The Balaban J connectivity index is 2.06. The van der Waals surface area contributed by atoms with Crippen LogP contribution in [-0.4, -0.2) is 23.6 Å². The Labute approximate surface area is 119 Å². The van der Waals surface area contributed by atoms with Crippen molar-refractivity contribution in [3.63, 3.8) is 0 Å². The smallest absolute Gasteiger partial charge is 0.265 e. The molecular weight excluding hydrogens is 306 g/mol. The number of nitrogens with one attached hydrogen (secondary N) is 1. The summed E-state index contributed by atoms with van der Waals surface area (Å²) in [6.07, 6.45) is 3.78. The van der Waals surface area contributed by atoms with Crippen LogP contribution in [0.1, 0.15) is 12.0 Å². The van der Waals surface area contributed by atoms with Gasteiger partial charge in [-0.3, -0.25) is 4.79 Å². The first kappa shape index (κ1) is 12.4. The van der Waals surface area contributed by atoms with Crippen LogP contribution in [0.2, 0.25) is 0 Å². The summed E-state index contributed by atoms with van der Waals surface area (Å²) in [7, 11) is 2.11. The Bertz CT molecular complexity index is 681. The van der Waals surface area contributed by atoms with Crippen LogP contribution in [0.15, 0.2) is 33.7 Å². The summed E-state index contributed by atoms with van der Waals surface area (Å²) >= 11 is 3.16. The first-order chi connectivity index (χ1) is 9.15. The Morgan fingerprint density at radius 1 is 1.42 bits per heavy atom. The quantitative estimate of drug-likeness (QED) is 0.879. The second kappa shape index (κ2) is 4.81. The van der Waals surface area contributed by atoms with Gasteiger partial charge in [0.05, 0.1) is 0 Å². The van der Waals surface area contributed by atoms with E-state index in [1.54, 1.807) is 6.20 Å². The zero-order valence-electron chi connectivity index (χ0n) is 10.6. The van der Waals surface area contributed by atoms with Crippen molar-refractivity contribution in [1.29, 1.82) is 0 Å². The minimum Gasteiger partial charge on any atom is -0.374 e. The Morgan fingerprint density at radius 2 is 2.26 bits per heavy atom. The van der Waals surface area contributed by atoms with Gasteiger partial charge in [0.15, 0.2) is 0 Å². The van der Waals surface area contributed by atoms with E-state index in [1.807, 2.05) is 6.07 Å². The summed E-state index contributed by atoms with van der Waals surface area (Å²) < 4.78 is 0.453. The fourth-order valence-corrected chi connectivity index (χ4v) is 2.66. The van der Waals surface area contributed by atoms with Gasteiger partial charge in [-0.15, -0.1) is 0 Å². The standard InChI is InChI=1S/C14H14BrN3O/c1-18-6-2-3-9-7-10(4-5-12(9)18)13-16-8-11(15)14(19)17-13/h4-5,7-8H,2-3,6H2,1H3,(H,16,17,19). The molecule has 2 aromatic rings. The monoisotopic (exact) mass is 319 g/mol. The summed E-state index contributed by atoms with van der Waals surface area (Å²) in [5, 5.41) is 0. The molecular formula is C14H14BrN3O. The van der Waals surface area contributed by atoms with Crippen LogP contribution in [0.4, 0.5) is 5.69 Å². The van der Waals surface area contributed by atoms with Gasteiger partial charge in [0, 0.05) is 31.0 Å². The van der Waals surface area contributed by atoms with Gasteiger partial charge in [-0.1, -0.05) is 0 Å². The highest BCUT2D eigenvalue weighted by molar-refractivity contribution is 9.10. The van der Waals surface area contributed by atoms with Crippen molar-refractivity contribution >= 4 is 21.6 Å². The molecule has 0 saturated heterocycles. The van der Waals surface area contributed by atoms with Crippen LogP contribution >= 0.6 is 15.9 Å². The van der Waals surface area contributed by atoms with E-state index in [1.165, 1.54) is 11.3 Å². The number of halogens is 1. The highest BCUT2D eigenvalue weighted by Gasteiger charge is 2.14. The second-order valence-corrected chi connectivity index (χ2v) is 5.63. The van der Waals surface area contributed by atoms with E-state index in [4.69, 9.17) is 0 Å². The molecule has 0 amide bonds. The second-order valence-electron chi connectivity index (χ2n) is 4.78. The van der Waals surface area contributed by atoms with Crippen molar-refractivity contribution in [2.45, 2.75) is 12.8 Å². The van der Waals surface area contributed by atoms with E-state index in [0.717, 1.165) is 24.9 Å². The number of aromatic amines is 1. The molecule has 0 fully saturated rings. The minimum absolute atomic E-state index is 0.153. The van der Waals surface area contributed by atoms with Gasteiger partial charge in [-0.25, -0.2) is 4.98 Å². The molecule has 19 heavy (non-hydrogen) atoms. The zero-order valence-corrected chi connectivity index (χ0v) is 12.2. The predicted octanol–water partition coefficient (Wildman–Crippen LogP) is 2.58. The highest BCUT2D eigenvalue weighted by Crippen LogP contribution is 2.29. The lowest BCUT2D eigenvalue weighted by Crippen LogP contribution is -2.24. The third kappa shape index (κ3) is 2.30. The van der Waals surface area contributed by atoms with E-state index >= 15 is 0 Å². The molecule has 1 aliphatic heterocycles. The first-order valence-corrected chi connectivity index (χ1v) is 7.04. The van der Waals surface area contributed by atoms with Crippen LogP contribution in [0.5, 0.6) is 0 Å². The summed E-state index contributed by atoms with van der Waals surface area (Å²) in [5.41, 5.74) is 3.39. The lowest BCUT2D eigenvalue weighted by atomic mass is 9.99. The molecule has 0 radical (unpaired) electrons. The van der Waals surface area contributed by atoms with Crippen LogP contribution in [0, 0.1) is 0 Å². The van der Waals surface area contributed by atoms with E-state index < -0.39 is 0 Å². The van der Waals surface area contributed by atoms with Crippen molar-refractivity contribution in [2.24, 2.45) is 0 Å². The van der Waals surface area contributed by atoms with Gasteiger partial charge in [0.2, 0.25) is 0 Å². The molecule has 0 bridgehead atoms. The van der Waals surface area contributed by atoms with E-state index in [-0.39, 0.29) is 5.56 Å². The Kier molecular flexibility index (Phi) is 3.14. The number of H-pyrrole nitrogens is 1. The molecule has 1 aromatic heterocycles. The number of benzene rings is 1. The van der Waals surface area contributed by atoms with Gasteiger partial charge in [0.1, 0.15) is 10.3 Å². The van der Waals surface area contributed by atoms with Crippen LogP contribution < -0.4 is 10.5 Å². The van der Waals surface area contributed by atoms with E-state index in [2.05, 4.69) is 50.0 Å². The number of nitrogens with zero attached hydrogens (tertiary/aromatic N) is 2.